The first-order valence-electron chi connectivity index (χ1n) is 7.03. The summed E-state index contributed by atoms with van der Waals surface area (Å²) in [7, 11) is 0. The minimum absolute atomic E-state index is 0.196. The second kappa shape index (κ2) is 5.21. The van der Waals surface area contributed by atoms with Gasteiger partial charge in [0.2, 0.25) is 0 Å². The zero-order chi connectivity index (χ0) is 15.2. The molecule has 2 heterocycles. The molecule has 21 heavy (non-hydrogen) atoms. The topological polar surface area (TPSA) is 27.1 Å². The highest BCUT2D eigenvalue weighted by Gasteiger charge is 2.35. The minimum Gasteiger partial charge on any atom is -0.381 e. The van der Waals surface area contributed by atoms with E-state index >= 15 is 0 Å². The summed E-state index contributed by atoms with van der Waals surface area (Å²) in [5.41, 5.74) is 0.256. The van der Waals surface area contributed by atoms with Crippen molar-refractivity contribution in [3.05, 3.63) is 29.6 Å². The smallest absolute Gasteiger partial charge is 0.184 e. The third-order valence-corrected chi connectivity index (χ3v) is 4.40. The van der Waals surface area contributed by atoms with Crippen LogP contribution in [0.2, 0.25) is 0 Å². The number of alkyl halides is 1. The second-order valence-corrected chi connectivity index (χ2v) is 6.41. The first kappa shape index (κ1) is 14.7. The molecule has 1 saturated heterocycles. The number of nitrogens with zero attached hydrogens (tertiary/aromatic N) is 2. The van der Waals surface area contributed by atoms with Gasteiger partial charge in [0.25, 0.3) is 0 Å². The molecule has 0 amide bonds. The molecule has 0 spiro atoms. The fourth-order valence-electron chi connectivity index (χ4n) is 2.97. The van der Waals surface area contributed by atoms with Crippen LogP contribution in [-0.4, -0.2) is 22.8 Å². The van der Waals surface area contributed by atoms with E-state index in [0.29, 0.717) is 37.4 Å². The predicted molar refractivity (Wildman–Crippen MR) is 77.6 cm³/mol. The van der Waals surface area contributed by atoms with Crippen LogP contribution in [0.1, 0.15) is 37.9 Å². The van der Waals surface area contributed by atoms with Crippen LogP contribution in [0.5, 0.6) is 0 Å². The second-order valence-electron chi connectivity index (χ2n) is 5.76. The first-order chi connectivity index (χ1) is 9.94. The summed E-state index contributed by atoms with van der Waals surface area (Å²) >= 11 is 6.22. The molecule has 1 unspecified atom stereocenters. The average Bonchev–Trinajstić information content (AvgIpc) is 2.85. The Morgan fingerprint density at radius 3 is 2.62 bits per heavy atom. The Hall–Kier alpha value is -1.20. The molecule has 1 aromatic heterocycles. The average molecular weight is 315 g/mol. The molecular weight excluding hydrogens is 298 g/mol. The van der Waals surface area contributed by atoms with E-state index in [4.69, 9.17) is 16.3 Å². The van der Waals surface area contributed by atoms with Crippen molar-refractivity contribution in [2.24, 2.45) is 0 Å². The lowest BCUT2D eigenvalue weighted by Gasteiger charge is -2.37. The number of ether oxygens (including phenoxy) is 1. The molecule has 1 atom stereocenters. The Bertz CT molecular complexity index is 678. The van der Waals surface area contributed by atoms with E-state index in [1.807, 2.05) is 6.92 Å². The van der Waals surface area contributed by atoms with E-state index in [1.54, 1.807) is 11.5 Å². The summed E-state index contributed by atoms with van der Waals surface area (Å²) in [6.07, 6.45) is 1.43. The number of halogens is 3. The molecule has 6 heteroatoms. The SMILES string of the molecule is CC(Cl)c1nc2ccc(F)c(F)c2n1C1(C)CCOCC1. The number of hydrogen-bond acceptors (Lipinski definition) is 2. The van der Waals surface area contributed by atoms with Crippen LogP contribution in [-0.2, 0) is 10.3 Å². The molecule has 2 aromatic rings. The van der Waals surface area contributed by atoms with Crippen molar-refractivity contribution in [3.63, 3.8) is 0 Å². The maximum absolute atomic E-state index is 14.4. The third-order valence-electron chi connectivity index (χ3n) is 4.20. The highest BCUT2D eigenvalue weighted by atomic mass is 35.5. The minimum atomic E-state index is -0.868. The molecule has 1 fully saturated rings. The van der Waals surface area contributed by atoms with Gasteiger partial charge in [-0.15, -0.1) is 11.6 Å². The lowest BCUT2D eigenvalue weighted by molar-refractivity contribution is 0.0298. The molecule has 1 aliphatic heterocycles. The van der Waals surface area contributed by atoms with Crippen molar-refractivity contribution in [1.29, 1.82) is 0 Å². The molecular formula is C15H17ClF2N2O. The standard InChI is InChI=1S/C15H17ClF2N2O/c1-9(16)14-19-11-4-3-10(17)12(18)13(11)20(14)15(2)5-7-21-8-6-15/h3-4,9H,5-8H2,1-2H3. The van der Waals surface area contributed by atoms with Gasteiger partial charge < -0.3 is 9.30 Å². The van der Waals surface area contributed by atoms with Crippen molar-refractivity contribution in [2.45, 2.75) is 37.6 Å². The van der Waals surface area contributed by atoms with E-state index in [1.165, 1.54) is 6.07 Å². The Morgan fingerprint density at radius 2 is 2.00 bits per heavy atom. The van der Waals surface area contributed by atoms with Gasteiger partial charge in [0, 0.05) is 18.8 Å². The number of fused-ring (bicyclic) bond motifs is 1. The van der Waals surface area contributed by atoms with Gasteiger partial charge in [-0.1, -0.05) is 0 Å². The predicted octanol–water partition coefficient (Wildman–Crippen LogP) is 4.14. The van der Waals surface area contributed by atoms with Gasteiger partial charge in [-0.2, -0.15) is 0 Å². The summed E-state index contributed by atoms with van der Waals surface area (Å²) in [5.74, 6) is -1.16. The fourth-order valence-corrected chi connectivity index (χ4v) is 3.12. The van der Waals surface area contributed by atoms with Crippen LogP contribution >= 0.6 is 11.6 Å². The molecule has 0 bridgehead atoms. The normalized spacial score (nSPS) is 19.9. The van der Waals surface area contributed by atoms with E-state index in [-0.39, 0.29) is 16.4 Å². The first-order valence-corrected chi connectivity index (χ1v) is 7.46. The summed E-state index contributed by atoms with van der Waals surface area (Å²) in [4.78, 5) is 4.42. The fraction of sp³-hybridized carbons (Fsp3) is 0.533. The zero-order valence-electron chi connectivity index (χ0n) is 12.0. The lowest BCUT2D eigenvalue weighted by Crippen LogP contribution is -2.38. The van der Waals surface area contributed by atoms with Gasteiger partial charge in [-0.3, -0.25) is 0 Å². The molecule has 3 nitrogen and oxygen atoms in total. The van der Waals surface area contributed by atoms with Crippen LogP contribution < -0.4 is 0 Å². The summed E-state index contributed by atoms with van der Waals surface area (Å²) in [6, 6.07) is 2.60. The lowest BCUT2D eigenvalue weighted by atomic mass is 9.91. The van der Waals surface area contributed by atoms with Gasteiger partial charge in [0.05, 0.1) is 10.9 Å². The largest absolute Gasteiger partial charge is 0.381 e. The van der Waals surface area contributed by atoms with E-state index in [0.717, 1.165) is 6.07 Å². The van der Waals surface area contributed by atoms with Crippen LogP contribution in [0.25, 0.3) is 11.0 Å². The Labute approximate surface area is 126 Å². The zero-order valence-corrected chi connectivity index (χ0v) is 12.8. The van der Waals surface area contributed by atoms with Gasteiger partial charge in [-0.05, 0) is 38.8 Å². The Morgan fingerprint density at radius 1 is 1.33 bits per heavy atom. The van der Waals surface area contributed by atoms with Crippen molar-refractivity contribution in [1.82, 2.24) is 9.55 Å². The van der Waals surface area contributed by atoms with Crippen LogP contribution in [0.4, 0.5) is 8.78 Å². The van der Waals surface area contributed by atoms with Crippen molar-refractivity contribution in [2.75, 3.05) is 13.2 Å². The molecule has 1 aliphatic rings. The highest BCUT2D eigenvalue weighted by Crippen LogP contribution is 2.37. The maximum Gasteiger partial charge on any atom is 0.184 e. The number of imidazole rings is 1. The maximum atomic E-state index is 14.4. The monoisotopic (exact) mass is 314 g/mol. The number of rotatable bonds is 2. The van der Waals surface area contributed by atoms with Gasteiger partial charge in [-0.25, -0.2) is 13.8 Å². The number of aromatic nitrogens is 2. The number of hydrogen-bond donors (Lipinski definition) is 0. The summed E-state index contributed by atoms with van der Waals surface area (Å²) in [6.45, 7) is 4.98. The summed E-state index contributed by atoms with van der Waals surface area (Å²) < 4.78 is 35.2. The van der Waals surface area contributed by atoms with Gasteiger partial charge in [0.15, 0.2) is 11.6 Å². The molecule has 0 radical (unpaired) electrons. The molecule has 114 valence electrons. The van der Waals surface area contributed by atoms with Crippen LogP contribution in [0.3, 0.4) is 0 Å². The molecule has 0 N–H and O–H groups in total. The van der Waals surface area contributed by atoms with Crippen molar-refractivity contribution < 1.29 is 13.5 Å². The molecule has 0 aliphatic carbocycles. The van der Waals surface area contributed by atoms with Crippen LogP contribution in [0, 0.1) is 11.6 Å². The van der Waals surface area contributed by atoms with E-state index < -0.39 is 11.6 Å². The van der Waals surface area contributed by atoms with Crippen LogP contribution in [0.15, 0.2) is 12.1 Å². The third kappa shape index (κ3) is 2.32. The molecule has 3 rings (SSSR count). The Kier molecular flexibility index (Phi) is 3.66. The summed E-state index contributed by atoms with van der Waals surface area (Å²) in [5, 5.41) is -0.389. The Balaban J connectivity index is 2.32. The molecule has 0 saturated carbocycles. The van der Waals surface area contributed by atoms with Crippen molar-refractivity contribution in [3.8, 4) is 0 Å². The highest BCUT2D eigenvalue weighted by molar-refractivity contribution is 6.20. The van der Waals surface area contributed by atoms with E-state index in [9.17, 15) is 8.78 Å². The van der Waals surface area contributed by atoms with Crippen molar-refractivity contribution >= 4 is 22.6 Å². The van der Waals surface area contributed by atoms with Gasteiger partial charge >= 0.3 is 0 Å². The quantitative estimate of drug-likeness (QED) is 0.779. The van der Waals surface area contributed by atoms with Gasteiger partial charge in [0.1, 0.15) is 11.3 Å². The van der Waals surface area contributed by atoms with E-state index in [2.05, 4.69) is 4.98 Å². The number of benzene rings is 1. The molecule has 1 aromatic carbocycles.